The molecule has 2 aromatic rings. The first-order valence-corrected chi connectivity index (χ1v) is 7.47. The van der Waals surface area contributed by atoms with Gasteiger partial charge < -0.3 is 19.9 Å². The standard InChI is InChI=1S/C17H16N2O5/c20-16(21)10-13(19-17(22)12-3-1-2-6-18-12)11-4-5-14-15(9-11)24-8-7-23-14/h1-6,9,13H,7-8,10H2,(H,19,22)(H,20,21). The summed E-state index contributed by atoms with van der Waals surface area (Å²) in [7, 11) is 0. The summed E-state index contributed by atoms with van der Waals surface area (Å²) in [6.45, 7) is 0.904. The van der Waals surface area contributed by atoms with Crippen LogP contribution in [0.15, 0.2) is 42.6 Å². The average molecular weight is 328 g/mol. The number of hydrogen-bond donors (Lipinski definition) is 2. The lowest BCUT2D eigenvalue weighted by atomic mass is 10.0. The number of carboxylic acids is 1. The molecule has 1 aliphatic rings. The van der Waals surface area contributed by atoms with Crippen molar-refractivity contribution >= 4 is 11.9 Å². The van der Waals surface area contributed by atoms with Crippen molar-refractivity contribution in [3.63, 3.8) is 0 Å². The van der Waals surface area contributed by atoms with Crippen molar-refractivity contribution in [3.8, 4) is 11.5 Å². The van der Waals surface area contributed by atoms with Crippen LogP contribution in [0.1, 0.15) is 28.5 Å². The van der Waals surface area contributed by atoms with E-state index in [9.17, 15) is 9.59 Å². The maximum absolute atomic E-state index is 12.3. The van der Waals surface area contributed by atoms with E-state index in [1.165, 1.54) is 6.20 Å². The molecule has 0 saturated carbocycles. The number of aliphatic carboxylic acids is 1. The van der Waals surface area contributed by atoms with Crippen LogP contribution in [0, 0.1) is 0 Å². The van der Waals surface area contributed by atoms with E-state index >= 15 is 0 Å². The number of rotatable bonds is 5. The van der Waals surface area contributed by atoms with Crippen molar-refractivity contribution in [2.45, 2.75) is 12.5 Å². The molecule has 1 unspecified atom stereocenters. The molecule has 1 amide bonds. The van der Waals surface area contributed by atoms with E-state index in [0.29, 0.717) is 30.3 Å². The van der Waals surface area contributed by atoms with Crippen molar-refractivity contribution in [1.82, 2.24) is 10.3 Å². The lowest BCUT2D eigenvalue weighted by molar-refractivity contribution is -0.137. The van der Waals surface area contributed by atoms with E-state index in [0.717, 1.165) is 0 Å². The number of carbonyl (C=O) groups is 2. The molecule has 1 aromatic heterocycles. The van der Waals surface area contributed by atoms with E-state index in [-0.39, 0.29) is 12.1 Å². The Kier molecular flexibility index (Phi) is 4.60. The highest BCUT2D eigenvalue weighted by atomic mass is 16.6. The van der Waals surface area contributed by atoms with Crippen LogP contribution in [-0.4, -0.2) is 35.2 Å². The molecule has 3 rings (SSSR count). The fourth-order valence-electron chi connectivity index (χ4n) is 2.43. The highest BCUT2D eigenvalue weighted by molar-refractivity contribution is 5.92. The summed E-state index contributed by atoms with van der Waals surface area (Å²) in [6.07, 6.45) is 1.25. The fraction of sp³-hybridized carbons (Fsp3) is 0.235. The van der Waals surface area contributed by atoms with Gasteiger partial charge in [-0.1, -0.05) is 12.1 Å². The number of nitrogens with one attached hydrogen (secondary N) is 1. The van der Waals surface area contributed by atoms with E-state index < -0.39 is 17.9 Å². The minimum absolute atomic E-state index is 0.227. The van der Waals surface area contributed by atoms with Gasteiger partial charge in [0.1, 0.15) is 18.9 Å². The summed E-state index contributed by atoms with van der Waals surface area (Å²) in [4.78, 5) is 27.4. The summed E-state index contributed by atoms with van der Waals surface area (Å²) >= 11 is 0. The van der Waals surface area contributed by atoms with Crippen LogP contribution in [0.4, 0.5) is 0 Å². The molecule has 1 aliphatic heterocycles. The second kappa shape index (κ2) is 6.99. The fourth-order valence-corrected chi connectivity index (χ4v) is 2.43. The van der Waals surface area contributed by atoms with Gasteiger partial charge in [-0.15, -0.1) is 0 Å². The van der Waals surface area contributed by atoms with Crippen LogP contribution in [0.3, 0.4) is 0 Å². The van der Waals surface area contributed by atoms with E-state index in [4.69, 9.17) is 14.6 Å². The smallest absolute Gasteiger partial charge is 0.305 e. The van der Waals surface area contributed by atoms with Gasteiger partial charge in [0.15, 0.2) is 11.5 Å². The maximum Gasteiger partial charge on any atom is 0.305 e. The Bertz CT molecular complexity index is 748. The molecule has 0 radical (unpaired) electrons. The number of carbonyl (C=O) groups excluding carboxylic acids is 1. The molecule has 24 heavy (non-hydrogen) atoms. The molecule has 0 bridgehead atoms. The van der Waals surface area contributed by atoms with Gasteiger partial charge in [0.25, 0.3) is 5.91 Å². The van der Waals surface area contributed by atoms with Crippen molar-refractivity contribution in [1.29, 1.82) is 0 Å². The van der Waals surface area contributed by atoms with Crippen LogP contribution < -0.4 is 14.8 Å². The normalized spacial score (nSPS) is 13.8. The number of nitrogens with zero attached hydrogens (tertiary/aromatic N) is 1. The predicted molar refractivity (Wildman–Crippen MR) is 84.1 cm³/mol. The van der Waals surface area contributed by atoms with Gasteiger partial charge in [0, 0.05) is 6.20 Å². The number of benzene rings is 1. The van der Waals surface area contributed by atoms with Crippen LogP contribution in [-0.2, 0) is 4.79 Å². The molecule has 0 fully saturated rings. The average Bonchev–Trinajstić information content (AvgIpc) is 2.61. The van der Waals surface area contributed by atoms with Gasteiger partial charge in [0.05, 0.1) is 12.5 Å². The second-order valence-electron chi connectivity index (χ2n) is 5.24. The number of hydrogen-bond acceptors (Lipinski definition) is 5. The summed E-state index contributed by atoms with van der Waals surface area (Å²) < 4.78 is 11.0. The van der Waals surface area contributed by atoms with Crippen LogP contribution in [0.25, 0.3) is 0 Å². The van der Waals surface area contributed by atoms with E-state index in [2.05, 4.69) is 10.3 Å². The van der Waals surface area contributed by atoms with Crippen molar-refractivity contribution in [3.05, 3.63) is 53.9 Å². The zero-order chi connectivity index (χ0) is 16.9. The highest BCUT2D eigenvalue weighted by Crippen LogP contribution is 2.33. The minimum Gasteiger partial charge on any atom is -0.486 e. The Morgan fingerprint density at radius 2 is 1.96 bits per heavy atom. The quantitative estimate of drug-likeness (QED) is 0.868. The highest BCUT2D eigenvalue weighted by Gasteiger charge is 2.22. The van der Waals surface area contributed by atoms with Crippen LogP contribution in [0.2, 0.25) is 0 Å². The molecule has 7 heteroatoms. The van der Waals surface area contributed by atoms with Crippen LogP contribution >= 0.6 is 0 Å². The number of amides is 1. The number of carboxylic acid groups (broad SMARTS) is 1. The van der Waals surface area contributed by atoms with Crippen molar-refractivity contribution in [2.24, 2.45) is 0 Å². The Balaban J connectivity index is 1.84. The van der Waals surface area contributed by atoms with Gasteiger partial charge in [-0.3, -0.25) is 14.6 Å². The third-order valence-electron chi connectivity index (χ3n) is 3.55. The van der Waals surface area contributed by atoms with E-state index in [1.807, 2.05) is 0 Å². The molecule has 1 atom stereocenters. The number of aromatic nitrogens is 1. The van der Waals surface area contributed by atoms with Gasteiger partial charge in [-0.05, 0) is 29.8 Å². The Labute approximate surface area is 138 Å². The molecule has 124 valence electrons. The summed E-state index contributed by atoms with van der Waals surface area (Å²) in [5, 5.41) is 11.9. The molecule has 0 spiro atoms. The van der Waals surface area contributed by atoms with Crippen LogP contribution in [0.5, 0.6) is 11.5 Å². The molecular weight excluding hydrogens is 312 g/mol. The second-order valence-corrected chi connectivity index (χ2v) is 5.24. The van der Waals surface area contributed by atoms with Crippen molar-refractivity contribution in [2.75, 3.05) is 13.2 Å². The number of ether oxygens (including phenoxy) is 2. The van der Waals surface area contributed by atoms with Crippen molar-refractivity contribution < 1.29 is 24.2 Å². The monoisotopic (exact) mass is 328 g/mol. The number of fused-ring (bicyclic) bond motifs is 1. The molecule has 0 aliphatic carbocycles. The zero-order valence-corrected chi connectivity index (χ0v) is 12.8. The maximum atomic E-state index is 12.3. The third-order valence-corrected chi connectivity index (χ3v) is 3.55. The van der Waals surface area contributed by atoms with Gasteiger partial charge in [0.2, 0.25) is 0 Å². The first kappa shape index (κ1) is 15.8. The van der Waals surface area contributed by atoms with E-state index in [1.54, 1.807) is 36.4 Å². The minimum atomic E-state index is -1.02. The van der Waals surface area contributed by atoms with Gasteiger partial charge in [-0.25, -0.2) is 0 Å². The Hall–Kier alpha value is -3.09. The molecule has 7 nitrogen and oxygen atoms in total. The first-order valence-electron chi connectivity index (χ1n) is 7.47. The SMILES string of the molecule is O=C(O)CC(NC(=O)c1ccccn1)c1ccc2c(c1)OCCO2. The summed E-state index contributed by atoms with van der Waals surface area (Å²) in [5.41, 5.74) is 0.858. The summed E-state index contributed by atoms with van der Waals surface area (Å²) in [6, 6.07) is 9.39. The molecular formula is C17H16N2O5. The first-order chi connectivity index (χ1) is 11.6. The molecule has 2 heterocycles. The number of pyridine rings is 1. The molecule has 2 N–H and O–H groups in total. The Morgan fingerprint density at radius 1 is 1.17 bits per heavy atom. The summed E-state index contributed by atoms with van der Waals surface area (Å²) in [5.74, 6) is -0.302. The van der Waals surface area contributed by atoms with Gasteiger partial charge >= 0.3 is 5.97 Å². The molecule has 1 aromatic carbocycles. The largest absolute Gasteiger partial charge is 0.486 e. The third kappa shape index (κ3) is 3.62. The topological polar surface area (TPSA) is 97.8 Å². The predicted octanol–water partition coefficient (Wildman–Crippen LogP) is 1.80. The Morgan fingerprint density at radius 3 is 2.67 bits per heavy atom. The zero-order valence-electron chi connectivity index (χ0n) is 12.8. The lowest BCUT2D eigenvalue weighted by Gasteiger charge is -2.22. The van der Waals surface area contributed by atoms with Gasteiger partial charge in [-0.2, -0.15) is 0 Å². The lowest BCUT2D eigenvalue weighted by Crippen LogP contribution is -2.31. The molecule has 0 saturated heterocycles.